The molecule has 162 valence electrons. The number of sulfonamides is 1. The lowest BCUT2D eigenvalue weighted by Gasteiger charge is -2.13. The fourth-order valence-corrected chi connectivity index (χ4v) is 5.26. The van der Waals surface area contributed by atoms with Gasteiger partial charge in [-0.15, -0.1) is 0 Å². The second-order valence-electron chi connectivity index (χ2n) is 7.16. The molecule has 4 aromatic rings. The smallest absolute Gasteiger partial charge is 0.262 e. The molecule has 0 atom stereocenters. The van der Waals surface area contributed by atoms with Crippen LogP contribution in [0.2, 0.25) is 10.0 Å². The molecule has 32 heavy (non-hydrogen) atoms. The number of carbonyl (C=O) groups is 1. The fraction of sp³-hybridized carbons (Fsp3) is 0.0833. The van der Waals surface area contributed by atoms with Gasteiger partial charge in [-0.3, -0.25) is 14.5 Å². The van der Waals surface area contributed by atoms with Crippen molar-refractivity contribution in [3.8, 4) is 0 Å². The van der Waals surface area contributed by atoms with Crippen molar-refractivity contribution < 1.29 is 13.2 Å². The van der Waals surface area contributed by atoms with E-state index in [4.69, 9.17) is 23.2 Å². The first-order valence-corrected chi connectivity index (χ1v) is 12.0. The zero-order chi connectivity index (χ0) is 22.7. The highest BCUT2D eigenvalue weighted by atomic mass is 35.5. The van der Waals surface area contributed by atoms with E-state index >= 15 is 0 Å². The number of nitrogens with zero attached hydrogens (tertiary/aromatic N) is 1. The Bertz CT molecular complexity index is 1390. The number of halogens is 2. The van der Waals surface area contributed by atoms with Crippen molar-refractivity contribution in [3.63, 3.8) is 0 Å². The van der Waals surface area contributed by atoms with Crippen LogP contribution in [0.5, 0.6) is 0 Å². The standard InChI is InChI=1S/C24H18Cl2N2O3S/c25-16-13-17(26)15-19(14-16)32(30,31)28-23-9-4-6-20-21(23)7-3-8-22(20)24(29)11-10-18-5-1-2-12-27-18/h1-9,12-15,28H,10-11H2. The third-order valence-corrected chi connectivity index (χ3v) is 6.73. The first-order valence-electron chi connectivity index (χ1n) is 9.77. The molecule has 1 N–H and O–H groups in total. The van der Waals surface area contributed by atoms with Gasteiger partial charge in [0.25, 0.3) is 10.0 Å². The number of ketones is 1. The van der Waals surface area contributed by atoms with Crippen LogP contribution < -0.4 is 4.72 Å². The van der Waals surface area contributed by atoms with Crippen molar-refractivity contribution in [2.45, 2.75) is 17.7 Å². The summed E-state index contributed by atoms with van der Waals surface area (Å²) in [6.45, 7) is 0. The number of benzene rings is 3. The Kier molecular flexibility index (Phi) is 6.46. The number of anilines is 1. The summed E-state index contributed by atoms with van der Waals surface area (Å²) < 4.78 is 28.4. The molecule has 1 heterocycles. The minimum absolute atomic E-state index is 0.0390. The predicted molar refractivity (Wildman–Crippen MR) is 128 cm³/mol. The summed E-state index contributed by atoms with van der Waals surface area (Å²) in [5.41, 5.74) is 1.73. The van der Waals surface area contributed by atoms with E-state index in [-0.39, 0.29) is 20.7 Å². The van der Waals surface area contributed by atoms with Crippen LogP contribution in [0.4, 0.5) is 5.69 Å². The molecule has 0 saturated carbocycles. The number of aromatic nitrogens is 1. The van der Waals surface area contributed by atoms with Gasteiger partial charge in [-0.05, 0) is 48.2 Å². The summed E-state index contributed by atoms with van der Waals surface area (Å²) >= 11 is 11.9. The van der Waals surface area contributed by atoms with Crippen molar-refractivity contribution in [3.05, 3.63) is 100 Å². The van der Waals surface area contributed by atoms with Crippen molar-refractivity contribution in [2.75, 3.05) is 4.72 Å². The van der Waals surface area contributed by atoms with Crippen LogP contribution >= 0.6 is 23.2 Å². The largest absolute Gasteiger partial charge is 0.294 e. The van der Waals surface area contributed by atoms with E-state index in [1.807, 2.05) is 18.2 Å². The zero-order valence-corrected chi connectivity index (χ0v) is 19.1. The van der Waals surface area contributed by atoms with Gasteiger partial charge >= 0.3 is 0 Å². The zero-order valence-electron chi connectivity index (χ0n) is 16.8. The number of hydrogen-bond acceptors (Lipinski definition) is 4. The third-order valence-electron chi connectivity index (χ3n) is 4.95. The maximum Gasteiger partial charge on any atom is 0.262 e. The molecule has 0 aliphatic rings. The van der Waals surface area contributed by atoms with Gasteiger partial charge in [0.05, 0.1) is 10.6 Å². The van der Waals surface area contributed by atoms with E-state index in [2.05, 4.69) is 9.71 Å². The number of fused-ring (bicyclic) bond motifs is 1. The minimum Gasteiger partial charge on any atom is -0.294 e. The van der Waals surface area contributed by atoms with Crippen molar-refractivity contribution in [2.24, 2.45) is 0 Å². The molecule has 0 aliphatic heterocycles. The molecule has 3 aromatic carbocycles. The molecule has 8 heteroatoms. The molecule has 0 amide bonds. The SMILES string of the molecule is O=C(CCc1ccccn1)c1cccc2c(NS(=O)(=O)c3cc(Cl)cc(Cl)c3)cccc12. The second kappa shape index (κ2) is 9.28. The van der Waals surface area contributed by atoms with Crippen molar-refractivity contribution >= 4 is 55.5 Å². The summed E-state index contributed by atoms with van der Waals surface area (Å²) in [6, 6.07) is 20.1. The molecule has 0 saturated heterocycles. The third kappa shape index (κ3) is 4.93. The van der Waals surface area contributed by atoms with Gasteiger partial charge in [0.15, 0.2) is 5.78 Å². The van der Waals surface area contributed by atoms with E-state index in [0.29, 0.717) is 34.9 Å². The fourth-order valence-electron chi connectivity index (χ4n) is 3.45. The van der Waals surface area contributed by atoms with Gasteiger partial charge in [-0.2, -0.15) is 0 Å². The van der Waals surface area contributed by atoms with E-state index < -0.39 is 10.0 Å². The first-order chi connectivity index (χ1) is 15.3. The van der Waals surface area contributed by atoms with Gasteiger partial charge in [-0.25, -0.2) is 8.42 Å². The molecule has 1 aromatic heterocycles. The van der Waals surface area contributed by atoms with Crippen molar-refractivity contribution in [1.82, 2.24) is 4.98 Å². The average Bonchev–Trinajstić information content (AvgIpc) is 2.77. The van der Waals surface area contributed by atoms with E-state index in [1.165, 1.54) is 18.2 Å². The minimum atomic E-state index is -3.94. The monoisotopic (exact) mass is 484 g/mol. The molecule has 0 radical (unpaired) electrons. The molecule has 5 nitrogen and oxygen atoms in total. The number of aryl methyl sites for hydroxylation is 1. The molecular weight excluding hydrogens is 467 g/mol. The first kappa shape index (κ1) is 22.3. The number of Topliss-reactive ketones (excluding diaryl/α,β-unsaturated/α-hetero) is 1. The summed E-state index contributed by atoms with van der Waals surface area (Å²) in [7, 11) is -3.94. The van der Waals surface area contributed by atoms with E-state index in [0.717, 1.165) is 5.69 Å². The molecular formula is C24H18Cl2N2O3S. The molecule has 4 rings (SSSR count). The Balaban J connectivity index is 1.65. The maximum absolute atomic E-state index is 12.9. The number of nitrogens with one attached hydrogen (secondary N) is 1. The van der Waals surface area contributed by atoms with Crippen molar-refractivity contribution in [1.29, 1.82) is 0 Å². The Morgan fingerprint density at radius 1 is 0.875 bits per heavy atom. The highest BCUT2D eigenvalue weighted by molar-refractivity contribution is 7.92. The normalized spacial score (nSPS) is 11.4. The molecule has 0 fully saturated rings. The number of rotatable bonds is 7. The summed E-state index contributed by atoms with van der Waals surface area (Å²) in [6.07, 6.45) is 2.52. The Labute approximate surface area is 196 Å². The summed E-state index contributed by atoms with van der Waals surface area (Å²) in [5.74, 6) is -0.0390. The van der Waals surface area contributed by atoms with Crippen LogP contribution in [0, 0.1) is 0 Å². The van der Waals surface area contributed by atoms with Crippen LogP contribution in [0.25, 0.3) is 10.8 Å². The predicted octanol–water partition coefficient (Wildman–Crippen LogP) is 6.16. The second-order valence-corrected chi connectivity index (χ2v) is 9.72. The average molecular weight is 485 g/mol. The lowest BCUT2D eigenvalue weighted by atomic mass is 9.98. The molecule has 0 spiro atoms. The van der Waals surface area contributed by atoms with Gasteiger partial charge in [0, 0.05) is 39.3 Å². The van der Waals surface area contributed by atoms with Gasteiger partial charge in [0.1, 0.15) is 0 Å². The molecule has 0 bridgehead atoms. The summed E-state index contributed by atoms with van der Waals surface area (Å²) in [5, 5.41) is 1.73. The Morgan fingerprint density at radius 2 is 1.59 bits per heavy atom. The Morgan fingerprint density at radius 3 is 2.31 bits per heavy atom. The van der Waals surface area contributed by atoms with E-state index in [1.54, 1.807) is 42.6 Å². The number of pyridine rings is 1. The Hall–Kier alpha value is -2.93. The van der Waals surface area contributed by atoms with E-state index in [9.17, 15) is 13.2 Å². The lowest BCUT2D eigenvalue weighted by molar-refractivity contribution is 0.0984. The number of carbonyl (C=O) groups excluding carboxylic acids is 1. The maximum atomic E-state index is 12.9. The quantitative estimate of drug-likeness (QED) is 0.318. The topological polar surface area (TPSA) is 76.1 Å². The van der Waals surface area contributed by atoms with Gasteiger partial charge in [0.2, 0.25) is 0 Å². The van der Waals surface area contributed by atoms with Crippen LogP contribution in [-0.4, -0.2) is 19.2 Å². The van der Waals surface area contributed by atoms with Gasteiger partial charge in [-0.1, -0.05) is 59.6 Å². The lowest BCUT2D eigenvalue weighted by Crippen LogP contribution is -2.13. The van der Waals surface area contributed by atoms with Gasteiger partial charge < -0.3 is 0 Å². The molecule has 0 aliphatic carbocycles. The van der Waals surface area contributed by atoms with Crippen LogP contribution in [0.1, 0.15) is 22.5 Å². The van der Waals surface area contributed by atoms with Crippen LogP contribution in [0.3, 0.4) is 0 Å². The highest BCUT2D eigenvalue weighted by Crippen LogP contribution is 2.30. The number of hydrogen-bond donors (Lipinski definition) is 1. The molecule has 0 unspecified atom stereocenters. The highest BCUT2D eigenvalue weighted by Gasteiger charge is 2.18. The van der Waals surface area contributed by atoms with Crippen LogP contribution in [0.15, 0.2) is 83.9 Å². The summed E-state index contributed by atoms with van der Waals surface area (Å²) in [4.78, 5) is 17.1. The van der Waals surface area contributed by atoms with Crippen LogP contribution in [-0.2, 0) is 16.4 Å².